The molecule has 1 aliphatic carbocycles. The molecule has 0 bridgehead atoms. The highest BCUT2D eigenvalue weighted by molar-refractivity contribution is 7.89. The second kappa shape index (κ2) is 8.47. The molecule has 4 rings (SSSR count). The molecule has 1 amide bonds. The highest BCUT2D eigenvalue weighted by Gasteiger charge is 2.53. The summed E-state index contributed by atoms with van der Waals surface area (Å²) in [6.45, 7) is -0.135. The molecular weight excluding hydrogens is 477 g/mol. The number of hydrogen-bond acceptors (Lipinski definition) is 7. The molecule has 2 heterocycles. The van der Waals surface area contributed by atoms with Crippen LogP contribution in [0.4, 0.5) is 13.2 Å². The molecular formula is C21H19F3N4O5S. The van der Waals surface area contributed by atoms with Crippen LogP contribution in [0, 0.1) is 0 Å². The fourth-order valence-electron chi connectivity index (χ4n) is 3.42. The van der Waals surface area contributed by atoms with Gasteiger partial charge in [0.2, 0.25) is 10.0 Å². The third-order valence-corrected chi connectivity index (χ3v) is 7.43. The van der Waals surface area contributed by atoms with E-state index >= 15 is 0 Å². The zero-order valence-corrected chi connectivity index (χ0v) is 18.4. The summed E-state index contributed by atoms with van der Waals surface area (Å²) in [5.74, 6) is -1.38. The molecule has 2 aromatic rings. The number of alkyl halides is 3. The van der Waals surface area contributed by atoms with Gasteiger partial charge < -0.3 is 10.5 Å². The van der Waals surface area contributed by atoms with Crippen LogP contribution in [0.1, 0.15) is 41.1 Å². The number of hydrogen-bond donors (Lipinski definition) is 1. The summed E-state index contributed by atoms with van der Waals surface area (Å²) < 4.78 is 70.9. The molecule has 1 aliphatic heterocycles. The number of ether oxygens (including phenoxy) is 1. The summed E-state index contributed by atoms with van der Waals surface area (Å²) in [7, 11) is -4.16. The largest absolute Gasteiger partial charge is 0.444 e. The fraction of sp³-hybridized carbons (Fsp3) is 0.333. The maximum Gasteiger partial charge on any atom is 0.416 e. The van der Waals surface area contributed by atoms with Crippen molar-refractivity contribution in [3.63, 3.8) is 0 Å². The van der Waals surface area contributed by atoms with Gasteiger partial charge in [-0.15, -0.1) is 0 Å². The molecule has 1 aromatic heterocycles. The first-order chi connectivity index (χ1) is 15.9. The van der Waals surface area contributed by atoms with Crippen molar-refractivity contribution >= 4 is 27.5 Å². The van der Waals surface area contributed by atoms with Crippen molar-refractivity contribution in [2.75, 3.05) is 13.1 Å². The minimum atomic E-state index is -4.67. The molecule has 0 unspecified atom stereocenters. The van der Waals surface area contributed by atoms with Crippen LogP contribution in [0.3, 0.4) is 0 Å². The quantitative estimate of drug-likeness (QED) is 0.606. The Labute approximate surface area is 192 Å². The van der Waals surface area contributed by atoms with Gasteiger partial charge in [0.25, 0.3) is 5.91 Å². The number of rotatable bonds is 6. The summed E-state index contributed by atoms with van der Waals surface area (Å²) in [4.78, 5) is 31.6. The van der Waals surface area contributed by atoms with Crippen LogP contribution < -0.4 is 5.73 Å². The Morgan fingerprint density at radius 3 is 2.50 bits per heavy atom. The first-order valence-electron chi connectivity index (χ1n) is 10.2. The average molecular weight is 496 g/mol. The van der Waals surface area contributed by atoms with Crippen LogP contribution in [0.15, 0.2) is 47.5 Å². The lowest BCUT2D eigenvalue weighted by Crippen LogP contribution is -2.35. The monoisotopic (exact) mass is 496 g/mol. The zero-order valence-electron chi connectivity index (χ0n) is 17.6. The van der Waals surface area contributed by atoms with E-state index in [1.54, 1.807) is 0 Å². The molecule has 13 heteroatoms. The van der Waals surface area contributed by atoms with Gasteiger partial charge in [-0.2, -0.15) is 17.5 Å². The number of primary amides is 1. The van der Waals surface area contributed by atoms with Crippen LogP contribution in [0.2, 0.25) is 0 Å². The molecule has 0 spiro atoms. The van der Waals surface area contributed by atoms with Crippen molar-refractivity contribution < 1.29 is 35.9 Å². The normalized spacial score (nSPS) is 18.1. The number of benzene rings is 1. The standard InChI is InChI=1S/C21H19F3N4O5S/c22-21(23,24)14-2-1-3-15(12-14)34(31,32)28-10-5-13(6-11-28)17-26-9-4-16(27-17)18(29)33-20(7-8-20)19(25)30/h1-5,9,12H,6-8,10-11H2,(H2,25,30). The van der Waals surface area contributed by atoms with Crippen molar-refractivity contribution in [3.8, 4) is 0 Å². The number of nitrogens with two attached hydrogens (primary N) is 1. The molecule has 0 radical (unpaired) electrons. The van der Waals surface area contributed by atoms with Gasteiger partial charge in [-0.05, 0) is 36.3 Å². The van der Waals surface area contributed by atoms with E-state index in [0.29, 0.717) is 24.5 Å². The van der Waals surface area contributed by atoms with E-state index in [2.05, 4.69) is 9.97 Å². The SMILES string of the molecule is NC(=O)C1(OC(=O)c2ccnc(C3=CCN(S(=O)(=O)c4cccc(C(F)(F)F)c4)CC3)n2)CC1. The lowest BCUT2D eigenvalue weighted by Gasteiger charge is -2.25. The number of esters is 1. The Morgan fingerprint density at radius 2 is 1.91 bits per heavy atom. The Morgan fingerprint density at radius 1 is 1.18 bits per heavy atom. The molecule has 1 saturated carbocycles. The molecule has 2 N–H and O–H groups in total. The molecule has 2 aliphatic rings. The van der Waals surface area contributed by atoms with Crippen LogP contribution >= 0.6 is 0 Å². The summed E-state index contributed by atoms with van der Waals surface area (Å²) in [5, 5.41) is 0. The van der Waals surface area contributed by atoms with E-state index in [-0.39, 0.29) is 31.0 Å². The van der Waals surface area contributed by atoms with Crippen molar-refractivity contribution in [1.29, 1.82) is 0 Å². The summed E-state index contributed by atoms with van der Waals surface area (Å²) in [5.41, 5.74) is 3.38. The molecule has 0 atom stereocenters. The number of carbonyl (C=O) groups is 2. The van der Waals surface area contributed by atoms with Gasteiger partial charge in [-0.3, -0.25) is 4.79 Å². The lowest BCUT2D eigenvalue weighted by molar-refractivity contribution is -0.137. The predicted molar refractivity (Wildman–Crippen MR) is 111 cm³/mol. The van der Waals surface area contributed by atoms with E-state index in [1.165, 1.54) is 18.3 Å². The van der Waals surface area contributed by atoms with Crippen molar-refractivity contribution in [1.82, 2.24) is 14.3 Å². The van der Waals surface area contributed by atoms with Gasteiger partial charge in [0.15, 0.2) is 17.1 Å². The summed E-state index contributed by atoms with van der Waals surface area (Å²) >= 11 is 0. The van der Waals surface area contributed by atoms with Crippen LogP contribution in [0.25, 0.3) is 5.57 Å². The van der Waals surface area contributed by atoms with Gasteiger partial charge in [-0.1, -0.05) is 12.1 Å². The molecule has 0 saturated heterocycles. The Hall–Kier alpha value is -3.32. The first kappa shape index (κ1) is 23.8. The topological polar surface area (TPSA) is 133 Å². The second-order valence-electron chi connectivity index (χ2n) is 7.88. The average Bonchev–Trinajstić information content (AvgIpc) is 3.59. The van der Waals surface area contributed by atoms with Crippen LogP contribution in [-0.2, 0) is 25.7 Å². The number of amides is 1. The van der Waals surface area contributed by atoms with Crippen LogP contribution in [0.5, 0.6) is 0 Å². The van der Waals surface area contributed by atoms with Gasteiger partial charge in [0, 0.05) is 32.1 Å². The molecule has 1 aromatic carbocycles. The third-order valence-electron chi connectivity index (χ3n) is 5.56. The molecule has 1 fully saturated rings. The van der Waals surface area contributed by atoms with E-state index in [0.717, 1.165) is 22.5 Å². The van der Waals surface area contributed by atoms with E-state index in [9.17, 15) is 31.2 Å². The van der Waals surface area contributed by atoms with E-state index < -0.39 is 44.1 Å². The minimum absolute atomic E-state index is 0.0206. The van der Waals surface area contributed by atoms with Crippen molar-refractivity contribution in [2.45, 2.75) is 35.9 Å². The molecule has 9 nitrogen and oxygen atoms in total. The van der Waals surface area contributed by atoms with Gasteiger partial charge >= 0.3 is 12.1 Å². The predicted octanol–water partition coefficient (Wildman–Crippen LogP) is 2.15. The van der Waals surface area contributed by atoms with Gasteiger partial charge in [-0.25, -0.2) is 23.2 Å². The van der Waals surface area contributed by atoms with Crippen LogP contribution in [-0.4, -0.2) is 53.3 Å². The second-order valence-corrected chi connectivity index (χ2v) is 9.82. The Balaban J connectivity index is 1.50. The zero-order chi connectivity index (χ0) is 24.7. The maximum atomic E-state index is 13.0. The number of carbonyl (C=O) groups excluding carboxylic acids is 2. The summed E-state index contributed by atoms with van der Waals surface area (Å²) in [6.07, 6.45) is -0.955. The Kier molecular flexibility index (Phi) is 5.94. The van der Waals surface area contributed by atoms with Gasteiger partial charge in [0.1, 0.15) is 0 Å². The number of nitrogens with zero attached hydrogens (tertiary/aromatic N) is 3. The maximum absolute atomic E-state index is 13.0. The third kappa shape index (κ3) is 4.66. The van der Waals surface area contributed by atoms with E-state index in [1.807, 2.05) is 0 Å². The fourth-order valence-corrected chi connectivity index (χ4v) is 4.85. The highest BCUT2D eigenvalue weighted by atomic mass is 32.2. The first-order valence-corrected chi connectivity index (χ1v) is 11.6. The molecule has 180 valence electrons. The Bertz CT molecular complexity index is 1290. The number of halogens is 3. The summed E-state index contributed by atoms with van der Waals surface area (Å²) in [6, 6.07) is 4.88. The van der Waals surface area contributed by atoms with Gasteiger partial charge in [0.05, 0.1) is 10.5 Å². The lowest BCUT2D eigenvalue weighted by atomic mass is 10.1. The number of aromatic nitrogens is 2. The van der Waals surface area contributed by atoms with Crippen molar-refractivity contribution in [2.24, 2.45) is 5.73 Å². The smallest absolute Gasteiger partial charge is 0.416 e. The van der Waals surface area contributed by atoms with Crippen molar-refractivity contribution in [3.05, 3.63) is 59.7 Å². The molecule has 34 heavy (non-hydrogen) atoms. The number of sulfonamides is 1. The minimum Gasteiger partial charge on any atom is -0.444 e. The van der Waals surface area contributed by atoms with E-state index in [4.69, 9.17) is 10.5 Å². The highest BCUT2D eigenvalue weighted by Crippen LogP contribution is 2.39.